The van der Waals surface area contributed by atoms with Crippen LogP contribution in [0, 0.1) is 5.92 Å². The topological polar surface area (TPSA) is 29.9 Å². The summed E-state index contributed by atoms with van der Waals surface area (Å²) in [6.45, 7) is 7.75. The fourth-order valence-electron chi connectivity index (χ4n) is 3.27. The molecular formula is C17H31N3. The van der Waals surface area contributed by atoms with Crippen LogP contribution in [-0.4, -0.2) is 22.4 Å². The van der Waals surface area contributed by atoms with E-state index in [0.717, 1.165) is 18.9 Å². The van der Waals surface area contributed by atoms with Crippen LogP contribution in [0.4, 0.5) is 0 Å². The Morgan fingerprint density at radius 3 is 2.65 bits per heavy atom. The molecule has 0 amide bonds. The molecule has 1 saturated carbocycles. The fraction of sp³-hybridized carbons (Fsp3) is 0.824. The van der Waals surface area contributed by atoms with Gasteiger partial charge < -0.3 is 5.32 Å². The number of aromatic nitrogens is 2. The van der Waals surface area contributed by atoms with E-state index in [-0.39, 0.29) is 0 Å². The first-order valence-electron chi connectivity index (χ1n) is 8.48. The minimum atomic E-state index is 0.459. The molecule has 3 nitrogen and oxygen atoms in total. The molecule has 1 N–H and O–H groups in total. The zero-order valence-corrected chi connectivity index (χ0v) is 13.4. The first-order chi connectivity index (χ1) is 9.70. The third-order valence-electron chi connectivity index (χ3n) is 4.50. The second-order valence-electron chi connectivity index (χ2n) is 6.54. The van der Waals surface area contributed by atoms with E-state index in [1.807, 2.05) is 0 Å². The van der Waals surface area contributed by atoms with Gasteiger partial charge in [0.1, 0.15) is 0 Å². The molecule has 3 heteroatoms. The van der Waals surface area contributed by atoms with Gasteiger partial charge in [0.05, 0.1) is 5.69 Å². The number of nitrogens with zero attached hydrogens (tertiary/aromatic N) is 2. The summed E-state index contributed by atoms with van der Waals surface area (Å²) in [5.74, 6) is 0.847. The second kappa shape index (κ2) is 7.82. The molecular weight excluding hydrogens is 246 g/mol. The van der Waals surface area contributed by atoms with E-state index in [1.165, 1.54) is 44.2 Å². The molecule has 1 fully saturated rings. The Hall–Kier alpha value is -0.830. The van der Waals surface area contributed by atoms with Crippen LogP contribution in [0.1, 0.15) is 71.0 Å². The van der Waals surface area contributed by atoms with Crippen molar-refractivity contribution in [2.45, 2.75) is 77.8 Å². The van der Waals surface area contributed by atoms with E-state index < -0.39 is 0 Å². The molecule has 20 heavy (non-hydrogen) atoms. The smallest absolute Gasteiger partial charge is 0.0640 e. The lowest BCUT2D eigenvalue weighted by molar-refractivity contribution is 0.265. The van der Waals surface area contributed by atoms with E-state index in [1.54, 1.807) is 0 Å². The molecule has 1 unspecified atom stereocenters. The van der Waals surface area contributed by atoms with Crippen molar-refractivity contribution in [2.24, 2.45) is 5.92 Å². The molecule has 1 aromatic rings. The number of rotatable bonds is 7. The quantitative estimate of drug-likeness (QED) is 0.817. The van der Waals surface area contributed by atoms with E-state index in [9.17, 15) is 0 Å². The van der Waals surface area contributed by atoms with Crippen LogP contribution >= 0.6 is 0 Å². The van der Waals surface area contributed by atoms with E-state index >= 15 is 0 Å². The van der Waals surface area contributed by atoms with Crippen molar-refractivity contribution < 1.29 is 0 Å². The molecule has 0 radical (unpaired) electrons. The third kappa shape index (κ3) is 4.34. The standard InChI is InChI=1S/C17H31N3/c1-4-11-18-17(15-8-6-5-7-9-15)13-16-10-12-20(19-16)14(2)3/h10,12,14-15,17-18H,4-9,11,13H2,1-3H3. The van der Waals surface area contributed by atoms with Gasteiger partial charge in [0.25, 0.3) is 0 Å². The highest BCUT2D eigenvalue weighted by Crippen LogP contribution is 2.28. The van der Waals surface area contributed by atoms with Gasteiger partial charge in [-0.2, -0.15) is 5.10 Å². The van der Waals surface area contributed by atoms with Crippen LogP contribution in [0.15, 0.2) is 12.3 Å². The number of nitrogens with one attached hydrogen (secondary N) is 1. The van der Waals surface area contributed by atoms with Crippen LogP contribution in [-0.2, 0) is 6.42 Å². The Morgan fingerprint density at radius 1 is 1.30 bits per heavy atom. The largest absolute Gasteiger partial charge is 0.313 e. The summed E-state index contributed by atoms with van der Waals surface area (Å²) in [7, 11) is 0. The van der Waals surface area contributed by atoms with Crippen molar-refractivity contribution in [1.29, 1.82) is 0 Å². The van der Waals surface area contributed by atoms with Crippen LogP contribution in [0.5, 0.6) is 0 Å². The lowest BCUT2D eigenvalue weighted by Gasteiger charge is -2.30. The van der Waals surface area contributed by atoms with Gasteiger partial charge in [-0.15, -0.1) is 0 Å². The molecule has 0 bridgehead atoms. The zero-order valence-electron chi connectivity index (χ0n) is 13.4. The summed E-state index contributed by atoms with van der Waals surface area (Å²) in [6, 6.07) is 3.27. The van der Waals surface area contributed by atoms with Crippen LogP contribution in [0.3, 0.4) is 0 Å². The highest BCUT2D eigenvalue weighted by Gasteiger charge is 2.24. The third-order valence-corrected chi connectivity index (χ3v) is 4.50. The maximum Gasteiger partial charge on any atom is 0.0640 e. The van der Waals surface area contributed by atoms with Crippen LogP contribution in [0.2, 0.25) is 0 Å². The monoisotopic (exact) mass is 277 g/mol. The Kier molecular flexibility index (Phi) is 6.08. The fourth-order valence-corrected chi connectivity index (χ4v) is 3.27. The van der Waals surface area contributed by atoms with Gasteiger partial charge in [-0.05, 0) is 51.6 Å². The van der Waals surface area contributed by atoms with Gasteiger partial charge in [-0.3, -0.25) is 4.68 Å². The van der Waals surface area contributed by atoms with Crippen molar-refractivity contribution in [3.8, 4) is 0 Å². The Morgan fingerprint density at radius 2 is 2.05 bits per heavy atom. The molecule has 1 aliphatic carbocycles. The Balaban J connectivity index is 1.97. The number of hydrogen-bond acceptors (Lipinski definition) is 2. The van der Waals surface area contributed by atoms with Crippen molar-refractivity contribution in [2.75, 3.05) is 6.54 Å². The second-order valence-corrected chi connectivity index (χ2v) is 6.54. The Labute approximate surface area is 124 Å². The minimum Gasteiger partial charge on any atom is -0.313 e. The van der Waals surface area contributed by atoms with Gasteiger partial charge in [0.15, 0.2) is 0 Å². The molecule has 1 atom stereocenters. The van der Waals surface area contributed by atoms with E-state index in [0.29, 0.717) is 12.1 Å². The van der Waals surface area contributed by atoms with Gasteiger partial charge in [0.2, 0.25) is 0 Å². The first-order valence-corrected chi connectivity index (χ1v) is 8.48. The minimum absolute atomic E-state index is 0.459. The van der Waals surface area contributed by atoms with Crippen molar-refractivity contribution in [3.05, 3.63) is 18.0 Å². The maximum atomic E-state index is 4.73. The highest BCUT2D eigenvalue weighted by molar-refractivity contribution is 5.03. The summed E-state index contributed by atoms with van der Waals surface area (Å²) >= 11 is 0. The molecule has 1 heterocycles. The molecule has 1 aromatic heterocycles. The van der Waals surface area contributed by atoms with Crippen molar-refractivity contribution >= 4 is 0 Å². The summed E-state index contributed by atoms with van der Waals surface area (Å²) in [5.41, 5.74) is 1.25. The molecule has 1 aliphatic rings. The average molecular weight is 277 g/mol. The van der Waals surface area contributed by atoms with Gasteiger partial charge in [0, 0.05) is 24.7 Å². The zero-order chi connectivity index (χ0) is 14.4. The average Bonchev–Trinajstić information content (AvgIpc) is 2.93. The number of hydrogen-bond donors (Lipinski definition) is 1. The summed E-state index contributed by atoms with van der Waals surface area (Å²) in [6.07, 6.45) is 11.5. The predicted octanol–water partition coefficient (Wildman–Crippen LogP) is 3.96. The molecule has 0 spiro atoms. The SMILES string of the molecule is CCCNC(Cc1ccn(C(C)C)n1)C1CCCCC1. The van der Waals surface area contributed by atoms with Crippen molar-refractivity contribution in [3.63, 3.8) is 0 Å². The molecule has 2 rings (SSSR count). The lowest BCUT2D eigenvalue weighted by Crippen LogP contribution is -2.39. The van der Waals surface area contributed by atoms with Crippen molar-refractivity contribution in [1.82, 2.24) is 15.1 Å². The molecule has 114 valence electrons. The van der Waals surface area contributed by atoms with E-state index in [4.69, 9.17) is 5.10 Å². The molecule has 0 aliphatic heterocycles. The summed E-state index contributed by atoms with van der Waals surface area (Å²) in [4.78, 5) is 0. The molecule has 0 aromatic carbocycles. The van der Waals surface area contributed by atoms with Crippen LogP contribution in [0.25, 0.3) is 0 Å². The van der Waals surface area contributed by atoms with Crippen LogP contribution < -0.4 is 5.32 Å². The maximum absolute atomic E-state index is 4.73. The lowest BCUT2D eigenvalue weighted by atomic mass is 9.82. The Bertz CT molecular complexity index is 377. The normalized spacial score (nSPS) is 18.6. The predicted molar refractivity (Wildman–Crippen MR) is 85.0 cm³/mol. The van der Waals surface area contributed by atoms with Gasteiger partial charge in [-0.1, -0.05) is 26.2 Å². The summed E-state index contributed by atoms with van der Waals surface area (Å²) in [5, 5.41) is 8.51. The highest BCUT2D eigenvalue weighted by atomic mass is 15.3. The molecule has 0 saturated heterocycles. The summed E-state index contributed by atoms with van der Waals surface area (Å²) < 4.78 is 2.08. The van der Waals surface area contributed by atoms with Gasteiger partial charge >= 0.3 is 0 Å². The van der Waals surface area contributed by atoms with E-state index in [2.05, 4.69) is 43.0 Å². The first kappa shape index (κ1) is 15.6. The van der Waals surface area contributed by atoms with Gasteiger partial charge in [-0.25, -0.2) is 0 Å².